The van der Waals surface area contributed by atoms with Crippen LogP contribution in [0.2, 0.25) is 0 Å². The van der Waals surface area contributed by atoms with Crippen LogP contribution in [0.15, 0.2) is 41.1 Å². The molecule has 0 aliphatic heterocycles. The zero-order valence-corrected chi connectivity index (χ0v) is 10.8. The topological polar surface area (TPSA) is 48.7 Å². The van der Waals surface area contributed by atoms with Crippen molar-refractivity contribution in [2.75, 3.05) is 5.32 Å². The molecule has 0 aliphatic rings. The number of hydrogen-bond donors (Lipinski definition) is 1. The summed E-state index contributed by atoms with van der Waals surface area (Å²) in [5, 5.41) is 12.3. The van der Waals surface area contributed by atoms with Crippen LogP contribution in [-0.2, 0) is 0 Å². The van der Waals surface area contributed by atoms with Gasteiger partial charge >= 0.3 is 0 Å². The van der Waals surface area contributed by atoms with Crippen molar-refractivity contribution in [3.05, 3.63) is 52.3 Å². The molecule has 1 heterocycles. The lowest BCUT2D eigenvalue weighted by Crippen LogP contribution is -1.96. The number of rotatable bonds is 2. The molecule has 0 aliphatic carbocycles. The van der Waals surface area contributed by atoms with Crippen LogP contribution in [0.5, 0.6) is 0 Å². The van der Waals surface area contributed by atoms with Gasteiger partial charge in [0.1, 0.15) is 6.07 Å². The van der Waals surface area contributed by atoms with E-state index in [4.69, 9.17) is 5.26 Å². The molecule has 0 saturated heterocycles. The Bertz CT molecular complexity index is 587. The fourth-order valence-electron chi connectivity index (χ4n) is 1.48. The van der Waals surface area contributed by atoms with Gasteiger partial charge in [-0.05, 0) is 46.6 Å². The van der Waals surface area contributed by atoms with E-state index in [0.717, 1.165) is 21.4 Å². The molecule has 0 amide bonds. The maximum Gasteiger partial charge on any atom is 0.103 e. The number of benzene rings is 1. The van der Waals surface area contributed by atoms with Crippen LogP contribution in [0.3, 0.4) is 0 Å². The van der Waals surface area contributed by atoms with Crippen LogP contribution in [-0.4, -0.2) is 4.98 Å². The summed E-state index contributed by atoms with van der Waals surface area (Å²) in [6, 6.07) is 9.70. The van der Waals surface area contributed by atoms with Crippen molar-refractivity contribution in [1.82, 2.24) is 4.98 Å². The lowest BCUT2D eigenvalue weighted by atomic mass is 10.1. The Morgan fingerprint density at radius 1 is 1.29 bits per heavy atom. The zero-order valence-electron chi connectivity index (χ0n) is 9.24. The number of aromatic nitrogens is 1. The molecule has 0 spiro atoms. The summed E-state index contributed by atoms with van der Waals surface area (Å²) in [5.74, 6) is 0. The highest BCUT2D eigenvalue weighted by Crippen LogP contribution is 2.27. The summed E-state index contributed by atoms with van der Waals surface area (Å²) >= 11 is 3.36. The van der Waals surface area contributed by atoms with Crippen molar-refractivity contribution in [2.45, 2.75) is 6.92 Å². The molecular weight excluding hydrogens is 278 g/mol. The Morgan fingerprint density at radius 2 is 2.12 bits per heavy atom. The Balaban J connectivity index is 2.41. The number of nitrogens with one attached hydrogen (secondary N) is 1. The normalized spacial score (nSPS) is 9.71. The second-order valence-electron chi connectivity index (χ2n) is 3.59. The van der Waals surface area contributed by atoms with E-state index in [2.05, 4.69) is 32.3 Å². The first-order chi connectivity index (χ1) is 8.22. The molecular formula is C13H10BrN3. The quantitative estimate of drug-likeness (QED) is 0.915. The third-order valence-corrected chi connectivity index (χ3v) is 3.09. The first-order valence-corrected chi connectivity index (χ1v) is 5.88. The van der Waals surface area contributed by atoms with Crippen molar-refractivity contribution < 1.29 is 0 Å². The summed E-state index contributed by atoms with van der Waals surface area (Å²) in [4.78, 5) is 4.06. The average molecular weight is 288 g/mol. The average Bonchev–Trinajstić information content (AvgIpc) is 2.32. The molecule has 17 heavy (non-hydrogen) atoms. The van der Waals surface area contributed by atoms with Gasteiger partial charge in [-0.25, -0.2) is 0 Å². The molecule has 0 bridgehead atoms. The minimum absolute atomic E-state index is 0.593. The fraction of sp³-hybridized carbons (Fsp3) is 0.0769. The van der Waals surface area contributed by atoms with E-state index < -0.39 is 0 Å². The van der Waals surface area contributed by atoms with Crippen molar-refractivity contribution in [1.29, 1.82) is 5.26 Å². The van der Waals surface area contributed by atoms with Gasteiger partial charge in [0.05, 0.1) is 23.1 Å². The smallest absolute Gasteiger partial charge is 0.103 e. The van der Waals surface area contributed by atoms with Gasteiger partial charge in [-0.1, -0.05) is 6.07 Å². The van der Waals surface area contributed by atoms with E-state index in [-0.39, 0.29) is 0 Å². The lowest BCUT2D eigenvalue weighted by Gasteiger charge is -2.10. The zero-order chi connectivity index (χ0) is 12.3. The second-order valence-corrected chi connectivity index (χ2v) is 4.44. The van der Waals surface area contributed by atoms with Gasteiger partial charge in [0.2, 0.25) is 0 Å². The van der Waals surface area contributed by atoms with Gasteiger partial charge in [-0.3, -0.25) is 4.98 Å². The highest BCUT2D eigenvalue weighted by molar-refractivity contribution is 9.10. The maximum atomic E-state index is 9.11. The highest BCUT2D eigenvalue weighted by Gasteiger charge is 2.07. The number of pyridine rings is 1. The summed E-state index contributed by atoms with van der Waals surface area (Å²) in [6.07, 6.45) is 3.49. The molecule has 1 aromatic carbocycles. The van der Waals surface area contributed by atoms with Crippen molar-refractivity contribution in [3.8, 4) is 6.07 Å². The SMILES string of the molecule is Cc1ccncc1Nc1cccc(Br)c1C#N. The summed E-state index contributed by atoms with van der Waals surface area (Å²) in [5.41, 5.74) is 3.36. The number of anilines is 2. The van der Waals surface area contributed by atoms with E-state index in [1.165, 1.54) is 0 Å². The molecule has 0 fully saturated rings. The minimum Gasteiger partial charge on any atom is -0.353 e. The number of halogens is 1. The third kappa shape index (κ3) is 2.45. The van der Waals surface area contributed by atoms with Crippen LogP contribution >= 0.6 is 15.9 Å². The predicted octanol–water partition coefficient (Wildman–Crippen LogP) is 3.77. The van der Waals surface area contributed by atoms with Gasteiger partial charge in [-0.2, -0.15) is 5.26 Å². The predicted molar refractivity (Wildman–Crippen MR) is 71.1 cm³/mol. The molecule has 1 aromatic heterocycles. The van der Waals surface area contributed by atoms with Gasteiger partial charge in [0.15, 0.2) is 0 Å². The molecule has 3 nitrogen and oxygen atoms in total. The number of aryl methyl sites for hydroxylation is 1. The van der Waals surface area contributed by atoms with Crippen LogP contribution in [0.25, 0.3) is 0 Å². The van der Waals surface area contributed by atoms with E-state index in [0.29, 0.717) is 5.56 Å². The maximum absolute atomic E-state index is 9.11. The lowest BCUT2D eigenvalue weighted by molar-refractivity contribution is 1.28. The Hall–Kier alpha value is -1.86. The van der Waals surface area contributed by atoms with Gasteiger partial charge in [0.25, 0.3) is 0 Å². The Labute approximate surface area is 108 Å². The number of hydrogen-bond acceptors (Lipinski definition) is 3. The van der Waals surface area contributed by atoms with Gasteiger partial charge in [0, 0.05) is 10.7 Å². The second kappa shape index (κ2) is 4.98. The van der Waals surface area contributed by atoms with Crippen molar-refractivity contribution in [3.63, 3.8) is 0 Å². The van der Waals surface area contributed by atoms with Gasteiger partial charge < -0.3 is 5.32 Å². The van der Waals surface area contributed by atoms with E-state index >= 15 is 0 Å². The third-order valence-electron chi connectivity index (χ3n) is 2.43. The minimum atomic E-state index is 0.593. The van der Waals surface area contributed by atoms with E-state index in [9.17, 15) is 0 Å². The van der Waals surface area contributed by atoms with E-state index in [1.807, 2.05) is 31.2 Å². The Morgan fingerprint density at radius 3 is 2.82 bits per heavy atom. The molecule has 2 rings (SSSR count). The molecule has 0 saturated carbocycles. The summed E-state index contributed by atoms with van der Waals surface area (Å²) in [6.45, 7) is 1.99. The molecule has 0 radical (unpaired) electrons. The number of nitriles is 1. The molecule has 0 atom stereocenters. The van der Waals surface area contributed by atoms with Crippen LogP contribution < -0.4 is 5.32 Å². The first-order valence-electron chi connectivity index (χ1n) is 5.08. The van der Waals surface area contributed by atoms with Crippen LogP contribution in [0, 0.1) is 18.3 Å². The molecule has 1 N–H and O–H groups in total. The Kier molecular flexibility index (Phi) is 3.40. The molecule has 0 unspecified atom stereocenters. The van der Waals surface area contributed by atoms with E-state index in [1.54, 1.807) is 12.4 Å². The highest BCUT2D eigenvalue weighted by atomic mass is 79.9. The van der Waals surface area contributed by atoms with Crippen LogP contribution in [0.1, 0.15) is 11.1 Å². The van der Waals surface area contributed by atoms with Crippen molar-refractivity contribution >= 4 is 27.3 Å². The van der Waals surface area contributed by atoms with Gasteiger partial charge in [-0.15, -0.1) is 0 Å². The van der Waals surface area contributed by atoms with Crippen LogP contribution in [0.4, 0.5) is 11.4 Å². The fourth-order valence-corrected chi connectivity index (χ4v) is 1.94. The first kappa shape index (κ1) is 11.6. The monoisotopic (exact) mass is 287 g/mol. The number of nitrogens with zero attached hydrogens (tertiary/aromatic N) is 2. The standard InChI is InChI=1S/C13H10BrN3/c1-9-5-6-16-8-13(9)17-12-4-2-3-11(14)10(12)7-15/h2-6,8,17H,1H3. The molecule has 2 aromatic rings. The largest absolute Gasteiger partial charge is 0.353 e. The summed E-state index contributed by atoms with van der Waals surface area (Å²) in [7, 11) is 0. The molecule has 84 valence electrons. The summed E-state index contributed by atoms with van der Waals surface area (Å²) < 4.78 is 0.784. The van der Waals surface area contributed by atoms with Crippen molar-refractivity contribution in [2.24, 2.45) is 0 Å². The molecule has 4 heteroatoms.